The van der Waals surface area contributed by atoms with Crippen LogP contribution in [0.2, 0.25) is 0 Å². The van der Waals surface area contributed by atoms with Gasteiger partial charge in [-0.1, -0.05) is 32.9 Å². The highest BCUT2D eigenvalue weighted by Crippen LogP contribution is 2.31. The van der Waals surface area contributed by atoms with Crippen LogP contribution in [0, 0.1) is 10.1 Å². The van der Waals surface area contributed by atoms with Crippen molar-refractivity contribution in [1.29, 1.82) is 0 Å². The molecule has 0 atom stereocenters. The van der Waals surface area contributed by atoms with E-state index < -0.39 is 10.8 Å². The van der Waals surface area contributed by atoms with E-state index in [0.29, 0.717) is 11.4 Å². The number of nitrogens with zero attached hydrogens (tertiary/aromatic N) is 1. The number of nitro benzene ring substituents is 1. The number of hydrogen-bond donors (Lipinski definition) is 1. The van der Waals surface area contributed by atoms with Crippen LogP contribution in [0.4, 0.5) is 11.4 Å². The number of hydrogen-bond acceptors (Lipinski definition) is 4. The highest BCUT2D eigenvalue weighted by molar-refractivity contribution is 6.05. The Balaban J connectivity index is 2.34. The highest BCUT2D eigenvalue weighted by Gasteiger charge is 2.18. The monoisotopic (exact) mass is 328 g/mol. The predicted octanol–water partition coefficient (Wildman–Crippen LogP) is 4.15. The van der Waals surface area contributed by atoms with E-state index in [4.69, 9.17) is 4.74 Å². The van der Waals surface area contributed by atoms with Crippen LogP contribution < -0.4 is 10.1 Å². The lowest BCUT2D eigenvalue weighted by molar-refractivity contribution is -0.384. The fourth-order valence-corrected chi connectivity index (χ4v) is 2.23. The Labute approximate surface area is 140 Å². The van der Waals surface area contributed by atoms with E-state index in [2.05, 4.69) is 26.1 Å². The molecule has 126 valence electrons. The quantitative estimate of drug-likeness (QED) is 0.675. The molecule has 0 radical (unpaired) electrons. The Kier molecular flexibility index (Phi) is 4.87. The average Bonchev–Trinajstić information content (AvgIpc) is 2.54. The first kappa shape index (κ1) is 17.5. The summed E-state index contributed by atoms with van der Waals surface area (Å²) < 4.78 is 5.29. The Morgan fingerprint density at radius 3 is 2.46 bits per heavy atom. The number of ether oxygens (including phenoxy) is 1. The summed E-state index contributed by atoms with van der Waals surface area (Å²) in [7, 11) is 1.52. The second-order valence-electron chi connectivity index (χ2n) is 6.43. The van der Waals surface area contributed by atoms with Crippen molar-refractivity contribution in [3.05, 3.63) is 63.7 Å². The Morgan fingerprint density at radius 1 is 1.17 bits per heavy atom. The molecule has 0 saturated heterocycles. The van der Waals surface area contributed by atoms with Gasteiger partial charge in [-0.2, -0.15) is 0 Å². The van der Waals surface area contributed by atoms with Gasteiger partial charge >= 0.3 is 0 Å². The lowest BCUT2D eigenvalue weighted by Crippen LogP contribution is -2.15. The zero-order valence-electron chi connectivity index (χ0n) is 14.1. The number of anilines is 1. The molecule has 0 aromatic heterocycles. The van der Waals surface area contributed by atoms with Crippen molar-refractivity contribution in [2.24, 2.45) is 0 Å². The van der Waals surface area contributed by atoms with Crippen LogP contribution in [-0.4, -0.2) is 17.9 Å². The Bertz CT molecular complexity index is 779. The molecule has 0 aliphatic rings. The minimum Gasteiger partial charge on any atom is -0.495 e. The molecule has 0 bridgehead atoms. The van der Waals surface area contributed by atoms with Crippen LogP contribution in [0.25, 0.3) is 0 Å². The minimum atomic E-state index is -0.530. The second-order valence-corrected chi connectivity index (χ2v) is 6.43. The molecule has 24 heavy (non-hydrogen) atoms. The highest BCUT2D eigenvalue weighted by atomic mass is 16.6. The molecule has 6 heteroatoms. The van der Waals surface area contributed by atoms with Crippen molar-refractivity contribution >= 4 is 17.3 Å². The SMILES string of the molecule is COc1ccc(C(C)(C)C)cc1NC(=O)c1cccc([N+](=O)[O-])c1. The maximum Gasteiger partial charge on any atom is 0.270 e. The minimum absolute atomic E-state index is 0.0860. The van der Waals surface area contributed by atoms with Gasteiger partial charge in [-0.05, 0) is 29.2 Å². The van der Waals surface area contributed by atoms with Gasteiger partial charge in [0.1, 0.15) is 5.75 Å². The molecule has 0 saturated carbocycles. The molecule has 0 spiro atoms. The van der Waals surface area contributed by atoms with E-state index >= 15 is 0 Å². The third kappa shape index (κ3) is 3.90. The molecular weight excluding hydrogens is 308 g/mol. The molecule has 0 aliphatic carbocycles. The average molecular weight is 328 g/mol. The van der Waals surface area contributed by atoms with Gasteiger partial charge in [0.05, 0.1) is 17.7 Å². The number of non-ortho nitro benzene ring substituents is 1. The summed E-state index contributed by atoms with van der Waals surface area (Å²) in [6.07, 6.45) is 0. The summed E-state index contributed by atoms with van der Waals surface area (Å²) >= 11 is 0. The van der Waals surface area contributed by atoms with Crippen LogP contribution in [-0.2, 0) is 5.41 Å². The molecule has 2 rings (SSSR count). The van der Waals surface area contributed by atoms with Crippen LogP contribution in [0.5, 0.6) is 5.75 Å². The summed E-state index contributed by atoms with van der Waals surface area (Å²) in [6.45, 7) is 6.21. The number of carbonyl (C=O) groups is 1. The maximum absolute atomic E-state index is 12.4. The molecule has 1 N–H and O–H groups in total. The number of nitro groups is 1. The van der Waals surface area contributed by atoms with E-state index in [1.807, 2.05) is 12.1 Å². The molecular formula is C18H20N2O4. The van der Waals surface area contributed by atoms with Gasteiger partial charge in [-0.15, -0.1) is 0 Å². The number of nitrogens with one attached hydrogen (secondary N) is 1. The predicted molar refractivity (Wildman–Crippen MR) is 92.7 cm³/mol. The second kappa shape index (κ2) is 6.70. The molecule has 0 aliphatic heterocycles. The maximum atomic E-state index is 12.4. The van der Waals surface area contributed by atoms with Crippen molar-refractivity contribution in [2.75, 3.05) is 12.4 Å². The van der Waals surface area contributed by atoms with Gasteiger partial charge in [0.2, 0.25) is 0 Å². The number of rotatable bonds is 4. The standard InChI is InChI=1S/C18H20N2O4/c1-18(2,3)13-8-9-16(24-4)15(11-13)19-17(21)12-6-5-7-14(10-12)20(22)23/h5-11H,1-4H3,(H,19,21). The van der Waals surface area contributed by atoms with Crippen LogP contribution in [0.15, 0.2) is 42.5 Å². The van der Waals surface area contributed by atoms with Crippen molar-refractivity contribution in [3.63, 3.8) is 0 Å². The first-order chi connectivity index (χ1) is 11.2. The van der Waals surface area contributed by atoms with Crippen molar-refractivity contribution in [2.45, 2.75) is 26.2 Å². The van der Waals surface area contributed by atoms with Crippen molar-refractivity contribution < 1.29 is 14.5 Å². The zero-order chi connectivity index (χ0) is 17.9. The molecule has 2 aromatic rings. The fourth-order valence-electron chi connectivity index (χ4n) is 2.23. The Morgan fingerprint density at radius 2 is 1.88 bits per heavy atom. The summed E-state index contributed by atoms with van der Waals surface area (Å²) in [5.41, 5.74) is 1.57. The fraction of sp³-hybridized carbons (Fsp3) is 0.278. The first-order valence-corrected chi connectivity index (χ1v) is 7.46. The number of carbonyl (C=O) groups excluding carboxylic acids is 1. The van der Waals surface area contributed by atoms with Crippen LogP contribution in [0.3, 0.4) is 0 Å². The normalized spacial score (nSPS) is 11.0. The van der Waals surface area contributed by atoms with Crippen molar-refractivity contribution in [3.8, 4) is 5.75 Å². The first-order valence-electron chi connectivity index (χ1n) is 7.46. The number of methoxy groups -OCH3 is 1. The van der Waals surface area contributed by atoms with E-state index in [1.165, 1.54) is 31.4 Å². The summed E-state index contributed by atoms with van der Waals surface area (Å²) in [5.74, 6) is 0.102. The van der Waals surface area contributed by atoms with Gasteiger partial charge in [0.15, 0.2) is 0 Å². The third-order valence-electron chi connectivity index (χ3n) is 3.63. The topological polar surface area (TPSA) is 81.5 Å². The number of amides is 1. The van der Waals surface area contributed by atoms with Gasteiger partial charge in [-0.25, -0.2) is 0 Å². The van der Waals surface area contributed by atoms with E-state index in [9.17, 15) is 14.9 Å². The van der Waals surface area contributed by atoms with Crippen LogP contribution in [0.1, 0.15) is 36.7 Å². The van der Waals surface area contributed by atoms with E-state index in [-0.39, 0.29) is 16.7 Å². The molecule has 2 aromatic carbocycles. The molecule has 0 unspecified atom stereocenters. The third-order valence-corrected chi connectivity index (χ3v) is 3.63. The smallest absolute Gasteiger partial charge is 0.270 e. The van der Waals surface area contributed by atoms with E-state index in [0.717, 1.165) is 5.56 Å². The lowest BCUT2D eigenvalue weighted by atomic mass is 9.87. The van der Waals surface area contributed by atoms with Gasteiger partial charge < -0.3 is 10.1 Å². The number of benzene rings is 2. The molecule has 6 nitrogen and oxygen atoms in total. The molecule has 0 fully saturated rings. The Hall–Kier alpha value is -2.89. The van der Waals surface area contributed by atoms with Crippen LogP contribution >= 0.6 is 0 Å². The van der Waals surface area contributed by atoms with Gasteiger partial charge in [0, 0.05) is 17.7 Å². The van der Waals surface area contributed by atoms with Crippen molar-refractivity contribution in [1.82, 2.24) is 0 Å². The molecule has 0 heterocycles. The van der Waals surface area contributed by atoms with Gasteiger partial charge in [0.25, 0.3) is 11.6 Å². The molecule has 1 amide bonds. The largest absolute Gasteiger partial charge is 0.495 e. The summed E-state index contributed by atoms with van der Waals surface area (Å²) in [5, 5.41) is 13.6. The summed E-state index contributed by atoms with van der Waals surface area (Å²) in [4.78, 5) is 22.7. The summed E-state index contributed by atoms with van der Waals surface area (Å²) in [6, 6.07) is 11.2. The lowest BCUT2D eigenvalue weighted by Gasteiger charge is -2.21. The van der Waals surface area contributed by atoms with E-state index in [1.54, 1.807) is 6.07 Å². The zero-order valence-corrected chi connectivity index (χ0v) is 14.1. The van der Waals surface area contributed by atoms with Gasteiger partial charge in [-0.3, -0.25) is 14.9 Å².